The molecule has 3 aromatic carbocycles. The Morgan fingerprint density at radius 3 is 1.87 bits per heavy atom. The van der Waals surface area contributed by atoms with Crippen molar-refractivity contribution in [1.29, 1.82) is 0 Å². The summed E-state index contributed by atoms with van der Waals surface area (Å²) in [7, 11) is 0. The third kappa shape index (κ3) is 5.02. The summed E-state index contributed by atoms with van der Waals surface area (Å²) in [5, 5.41) is 18.9. The SMILES string of the molecule is O=C(NN=C1CC(c2ccccc2)NC(c2ccccc2)C1)c1ccc([N+](=O)[O-])cc1. The summed E-state index contributed by atoms with van der Waals surface area (Å²) >= 11 is 0. The first kappa shape index (κ1) is 20.4. The maximum atomic E-state index is 12.5. The van der Waals surface area contributed by atoms with E-state index < -0.39 is 10.8 Å². The van der Waals surface area contributed by atoms with Gasteiger partial charge >= 0.3 is 0 Å². The summed E-state index contributed by atoms with van der Waals surface area (Å²) in [6, 6.07) is 26.0. The summed E-state index contributed by atoms with van der Waals surface area (Å²) in [6.07, 6.45) is 1.35. The zero-order valence-corrected chi connectivity index (χ0v) is 16.8. The lowest BCUT2D eigenvalue weighted by Crippen LogP contribution is -2.36. The molecule has 1 aliphatic heterocycles. The van der Waals surface area contributed by atoms with Crippen molar-refractivity contribution >= 4 is 17.3 Å². The van der Waals surface area contributed by atoms with E-state index in [0.29, 0.717) is 18.4 Å². The predicted molar refractivity (Wildman–Crippen MR) is 119 cm³/mol. The number of non-ortho nitro benzene ring substituents is 1. The Hall–Kier alpha value is -3.84. The van der Waals surface area contributed by atoms with E-state index in [2.05, 4.69) is 40.1 Å². The molecule has 0 bridgehead atoms. The average Bonchev–Trinajstić information content (AvgIpc) is 2.83. The van der Waals surface area contributed by atoms with Crippen molar-refractivity contribution in [1.82, 2.24) is 10.7 Å². The third-order valence-corrected chi connectivity index (χ3v) is 5.34. The third-order valence-electron chi connectivity index (χ3n) is 5.34. The number of rotatable bonds is 5. The highest BCUT2D eigenvalue weighted by molar-refractivity contribution is 5.96. The van der Waals surface area contributed by atoms with Crippen molar-refractivity contribution in [2.75, 3.05) is 0 Å². The van der Waals surface area contributed by atoms with Gasteiger partial charge in [0.1, 0.15) is 0 Å². The molecule has 2 unspecified atom stereocenters. The molecule has 7 heteroatoms. The molecule has 2 N–H and O–H groups in total. The second-order valence-corrected chi connectivity index (χ2v) is 7.42. The molecule has 0 radical (unpaired) electrons. The number of nitrogens with one attached hydrogen (secondary N) is 2. The van der Waals surface area contributed by atoms with Crippen LogP contribution in [-0.2, 0) is 0 Å². The van der Waals surface area contributed by atoms with Crippen molar-refractivity contribution in [3.8, 4) is 0 Å². The summed E-state index contributed by atoms with van der Waals surface area (Å²) < 4.78 is 0. The molecule has 7 nitrogen and oxygen atoms in total. The van der Waals surface area contributed by atoms with Crippen LogP contribution in [0.5, 0.6) is 0 Å². The minimum atomic E-state index is -0.496. The topological polar surface area (TPSA) is 96.6 Å². The molecular formula is C24H22N4O3. The Labute approximate surface area is 180 Å². The minimum Gasteiger partial charge on any atom is -0.302 e. The molecule has 1 amide bonds. The second kappa shape index (κ2) is 9.32. The van der Waals surface area contributed by atoms with E-state index in [1.165, 1.54) is 24.3 Å². The number of hydrazone groups is 1. The van der Waals surface area contributed by atoms with Crippen molar-refractivity contribution in [3.05, 3.63) is 112 Å². The highest BCUT2D eigenvalue weighted by Gasteiger charge is 2.27. The first-order valence-corrected chi connectivity index (χ1v) is 10.1. The van der Waals surface area contributed by atoms with Gasteiger partial charge in [0.2, 0.25) is 0 Å². The number of piperidine rings is 1. The smallest absolute Gasteiger partial charge is 0.271 e. The molecule has 0 spiro atoms. The number of carbonyl (C=O) groups is 1. The number of amides is 1. The highest BCUT2D eigenvalue weighted by Crippen LogP contribution is 2.31. The van der Waals surface area contributed by atoms with E-state index in [-0.39, 0.29) is 17.8 Å². The van der Waals surface area contributed by atoms with Crippen LogP contribution in [0.2, 0.25) is 0 Å². The lowest BCUT2D eigenvalue weighted by Gasteiger charge is -2.32. The largest absolute Gasteiger partial charge is 0.302 e. The van der Waals surface area contributed by atoms with Crippen molar-refractivity contribution < 1.29 is 9.72 Å². The van der Waals surface area contributed by atoms with Gasteiger partial charge in [-0.05, 0) is 23.3 Å². The van der Waals surface area contributed by atoms with Crippen LogP contribution in [0, 0.1) is 10.1 Å². The zero-order valence-electron chi connectivity index (χ0n) is 16.8. The molecule has 156 valence electrons. The molecule has 0 saturated carbocycles. The quantitative estimate of drug-likeness (QED) is 0.473. The molecule has 2 atom stereocenters. The fourth-order valence-electron chi connectivity index (χ4n) is 3.73. The normalized spacial score (nSPS) is 18.3. The first-order valence-electron chi connectivity index (χ1n) is 10.1. The van der Waals surface area contributed by atoms with E-state index >= 15 is 0 Å². The number of nitrogens with zero attached hydrogens (tertiary/aromatic N) is 2. The van der Waals surface area contributed by atoms with Crippen LogP contribution in [0.1, 0.15) is 46.4 Å². The van der Waals surface area contributed by atoms with Crippen LogP contribution >= 0.6 is 0 Å². The first-order chi connectivity index (χ1) is 15.1. The Kier molecular flexibility index (Phi) is 6.14. The van der Waals surface area contributed by atoms with Gasteiger partial charge in [-0.3, -0.25) is 14.9 Å². The van der Waals surface area contributed by atoms with Gasteiger partial charge in [-0.15, -0.1) is 0 Å². The van der Waals surface area contributed by atoms with Gasteiger partial charge < -0.3 is 5.32 Å². The summed E-state index contributed by atoms with van der Waals surface area (Å²) in [6.45, 7) is 0. The van der Waals surface area contributed by atoms with Gasteiger partial charge in [0.15, 0.2) is 0 Å². The highest BCUT2D eigenvalue weighted by atomic mass is 16.6. The zero-order chi connectivity index (χ0) is 21.6. The predicted octanol–water partition coefficient (Wildman–Crippen LogP) is 4.55. The van der Waals surface area contributed by atoms with Gasteiger partial charge in [-0.25, -0.2) is 5.43 Å². The monoisotopic (exact) mass is 414 g/mol. The fraction of sp³-hybridized carbons (Fsp3) is 0.167. The van der Waals surface area contributed by atoms with Gasteiger partial charge in [-0.1, -0.05) is 60.7 Å². The molecule has 31 heavy (non-hydrogen) atoms. The van der Waals surface area contributed by atoms with Crippen LogP contribution < -0.4 is 10.7 Å². The molecule has 3 aromatic rings. The number of benzene rings is 3. The van der Waals surface area contributed by atoms with E-state index in [0.717, 1.165) is 16.8 Å². The number of nitro benzene ring substituents is 1. The van der Waals surface area contributed by atoms with Gasteiger partial charge in [0.05, 0.1) is 4.92 Å². The molecule has 4 rings (SSSR count). The van der Waals surface area contributed by atoms with Crippen LogP contribution in [0.25, 0.3) is 0 Å². The van der Waals surface area contributed by atoms with Crippen molar-refractivity contribution in [3.63, 3.8) is 0 Å². The summed E-state index contributed by atoms with van der Waals surface area (Å²) in [5.41, 5.74) is 6.09. The van der Waals surface area contributed by atoms with Crippen molar-refractivity contribution in [2.24, 2.45) is 5.10 Å². The van der Waals surface area contributed by atoms with Gasteiger partial charge in [0, 0.05) is 48.3 Å². The molecule has 1 aliphatic rings. The second-order valence-electron chi connectivity index (χ2n) is 7.42. The van der Waals surface area contributed by atoms with Gasteiger partial charge in [0.25, 0.3) is 11.6 Å². The van der Waals surface area contributed by atoms with Gasteiger partial charge in [-0.2, -0.15) is 5.10 Å². The summed E-state index contributed by atoms with van der Waals surface area (Å²) in [4.78, 5) is 22.8. The maximum absolute atomic E-state index is 12.5. The van der Waals surface area contributed by atoms with E-state index in [4.69, 9.17) is 0 Å². The number of carbonyl (C=O) groups excluding carboxylic acids is 1. The summed E-state index contributed by atoms with van der Waals surface area (Å²) in [5.74, 6) is -0.395. The Morgan fingerprint density at radius 2 is 1.39 bits per heavy atom. The Balaban J connectivity index is 1.53. The minimum absolute atomic E-state index is 0.0578. The standard InChI is InChI=1S/C24H22N4O3/c29-24(19-11-13-21(14-12-19)28(30)31)27-26-20-15-22(17-7-3-1-4-8-17)25-23(16-20)18-9-5-2-6-10-18/h1-14,22-23,25H,15-16H2,(H,27,29). The lowest BCUT2D eigenvalue weighted by atomic mass is 9.89. The Morgan fingerprint density at radius 1 is 0.871 bits per heavy atom. The molecule has 0 aliphatic carbocycles. The average molecular weight is 414 g/mol. The van der Waals surface area contributed by atoms with Crippen LogP contribution in [0.4, 0.5) is 5.69 Å². The van der Waals surface area contributed by atoms with E-state index in [9.17, 15) is 14.9 Å². The van der Waals surface area contributed by atoms with Crippen LogP contribution in [0.15, 0.2) is 90.0 Å². The molecular weight excluding hydrogens is 392 g/mol. The van der Waals surface area contributed by atoms with Crippen molar-refractivity contribution in [2.45, 2.75) is 24.9 Å². The number of hydrogen-bond donors (Lipinski definition) is 2. The number of nitro groups is 1. The molecule has 1 heterocycles. The Bertz CT molecular complexity index is 1030. The van der Waals surface area contributed by atoms with Crippen LogP contribution in [-0.4, -0.2) is 16.5 Å². The molecule has 1 fully saturated rings. The maximum Gasteiger partial charge on any atom is 0.271 e. The van der Waals surface area contributed by atoms with Crippen LogP contribution in [0.3, 0.4) is 0 Å². The van der Waals surface area contributed by atoms with E-state index in [1.54, 1.807) is 0 Å². The number of hydrogen-bond acceptors (Lipinski definition) is 5. The molecule has 0 aromatic heterocycles. The fourth-order valence-corrected chi connectivity index (χ4v) is 3.73. The van der Waals surface area contributed by atoms with E-state index in [1.807, 2.05) is 36.4 Å². The lowest BCUT2D eigenvalue weighted by molar-refractivity contribution is -0.384. The molecule has 1 saturated heterocycles.